The van der Waals surface area contributed by atoms with Gasteiger partial charge in [-0.25, -0.2) is 9.59 Å². The summed E-state index contributed by atoms with van der Waals surface area (Å²) in [5.41, 5.74) is 5.94. The van der Waals surface area contributed by atoms with Crippen LogP contribution in [0, 0.1) is 10.1 Å². The van der Waals surface area contributed by atoms with E-state index in [1.165, 1.54) is 48.5 Å². The van der Waals surface area contributed by atoms with Gasteiger partial charge in [-0.3, -0.25) is 29.3 Å². The van der Waals surface area contributed by atoms with Crippen molar-refractivity contribution in [3.8, 4) is 5.75 Å². The lowest BCUT2D eigenvalue weighted by atomic mass is 10.0. The molecule has 0 aliphatic heterocycles. The van der Waals surface area contributed by atoms with E-state index in [2.05, 4.69) is 16.0 Å². The Morgan fingerprint density at radius 1 is 0.843 bits per heavy atom. The molecule has 0 heterocycles. The van der Waals surface area contributed by atoms with Crippen LogP contribution in [0.2, 0.25) is 0 Å². The zero-order valence-electron chi connectivity index (χ0n) is 28.1. The molecule has 1 atom stereocenters. The summed E-state index contributed by atoms with van der Waals surface area (Å²) in [5.74, 6) is -2.88. The molecule has 5 N–H and O–H groups in total. The number of carbonyl (C=O) groups excluding carboxylic acids is 6. The highest BCUT2D eigenvalue weighted by Crippen LogP contribution is 2.20. The molecule has 17 heteroatoms. The van der Waals surface area contributed by atoms with Crippen LogP contribution in [0.3, 0.4) is 0 Å². The van der Waals surface area contributed by atoms with Gasteiger partial charge in [-0.1, -0.05) is 42.5 Å². The van der Waals surface area contributed by atoms with Gasteiger partial charge in [0.05, 0.1) is 11.5 Å². The predicted octanol–water partition coefficient (Wildman–Crippen LogP) is 2.50. The average Bonchev–Trinajstić information content (AvgIpc) is 3.07. The zero-order chi connectivity index (χ0) is 37.6. The molecule has 0 aromatic heterocycles. The van der Waals surface area contributed by atoms with Crippen LogP contribution in [0.15, 0.2) is 78.9 Å². The van der Waals surface area contributed by atoms with Gasteiger partial charge in [0.2, 0.25) is 23.6 Å². The molecule has 3 rings (SSSR count). The van der Waals surface area contributed by atoms with Gasteiger partial charge in [0, 0.05) is 24.2 Å². The molecule has 0 aliphatic carbocycles. The molecule has 0 saturated carbocycles. The number of hydrogen-bond donors (Lipinski definition) is 4. The maximum atomic E-state index is 13.9. The average molecular weight is 707 g/mol. The second-order valence-corrected chi connectivity index (χ2v) is 11.9. The Bertz CT molecular complexity index is 1710. The monoisotopic (exact) mass is 706 g/mol. The third-order valence-corrected chi connectivity index (χ3v) is 6.59. The number of nitro groups is 1. The fourth-order valence-electron chi connectivity index (χ4n) is 4.32. The molecule has 0 fully saturated rings. The van der Waals surface area contributed by atoms with Crippen molar-refractivity contribution in [3.05, 3.63) is 100 Å². The first-order chi connectivity index (χ1) is 24.1. The maximum Gasteiger partial charge on any atom is 0.514 e. The van der Waals surface area contributed by atoms with Crippen LogP contribution in [-0.4, -0.2) is 72.1 Å². The van der Waals surface area contributed by atoms with Gasteiger partial charge in [0.1, 0.15) is 37.1 Å². The van der Waals surface area contributed by atoms with E-state index in [0.29, 0.717) is 11.1 Å². The Morgan fingerprint density at radius 2 is 1.47 bits per heavy atom. The molecular weight excluding hydrogens is 668 g/mol. The summed E-state index contributed by atoms with van der Waals surface area (Å²) in [4.78, 5) is 86.3. The Kier molecular flexibility index (Phi) is 14.0. The molecule has 270 valence electrons. The smallest absolute Gasteiger partial charge is 0.444 e. The quantitative estimate of drug-likeness (QED) is 0.0775. The first-order valence-corrected chi connectivity index (χ1v) is 15.4. The van der Waals surface area contributed by atoms with Gasteiger partial charge in [-0.2, -0.15) is 0 Å². The fraction of sp³-hybridized carbons (Fsp3) is 0.294. The van der Waals surface area contributed by atoms with E-state index in [1.807, 2.05) is 0 Å². The number of ether oxygens (including phenoxy) is 3. The Morgan fingerprint density at radius 3 is 2.06 bits per heavy atom. The van der Waals surface area contributed by atoms with Crippen molar-refractivity contribution in [2.24, 2.45) is 5.73 Å². The van der Waals surface area contributed by atoms with Crippen molar-refractivity contribution in [1.82, 2.24) is 16.0 Å². The van der Waals surface area contributed by atoms with Crippen LogP contribution in [0.5, 0.6) is 5.75 Å². The third kappa shape index (κ3) is 13.9. The fourth-order valence-corrected chi connectivity index (χ4v) is 4.32. The summed E-state index contributed by atoms with van der Waals surface area (Å²) in [6, 6.07) is 18.4. The summed E-state index contributed by atoms with van der Waals surface area (Å²) >= 11 is 0. The molecule has 51 heavy (non-hydrogen) atoms. The van der Waals surface area contributed by atoms with Crippen molar-refractivity contribution in [3.63, 3.8) is 0 Å². The molecule has 17 nitrogen and oxygen atoms in total. The minimum Gasteiger partial charge on any atom is -0.444 e. The highest BCUT2D eigenvalue weighted by atomic mass is 16.7. The largest absolute Gasteiger partial charge is 0.514 e. The third-order valence-electron chi connectivity index (χ3n) is 6.59. The van der Waals surface area contributed by atoms with Gasteiger partial charge in [0.25, 0.3) is 5.69 Å². The molecule has 0 bridgehead atoms. The minimum absolute atomic E-state index is 0.0254. The SMILES string of the molecule is CC(C)(C)OC(=O)NCC(=O)NCC(=O)N[C@@H](Cc1ccccc1)C(=O)N(CC(N)=O)c1ccc(COC(=O)Oc2ccc([N+](=O)[O-])cc2)cc1. The summed E-state index contributed by atoms with van der Waals surface area (Å²) in [6.45, 7) is 3.23. The van der Waals surface area contributed by atoms with E-state index < -0.39 is 72.1 Å². The first-order valence-electron chi connectivity index (χ1n) is 15.4. The number of anilines is 1. The van der Waals surface area contributed by atoms with Crippen LogP contribution < -0.4 is 31.3 Å². The second kappa shape index (κ2) is 18.3. The molecular formula is C34H38N6O11. The summed E-state index contributed by atoms with van der Waals surface area (Å²) < 4.78 is 15.2. The molecule has 0 radical (unpaired) electrons. The van der Waals surface area contributed by atoms with E-state index in [4.69, 9.17) is 19.9 Å². The van der Waals surface area contributed by atoms with Gasteiger partial charge < -0.3 is 40.8 Å². The number of nitrogens with two attached hydrogens (primary N) is 1. The number of hydrogen-bond acceptors (Lipinski definition) is 11. The Hall–Kier alpha value is -6.52. The number of rotatable bonds is 15. The van der Waals surface area contributed by atoms with E-state index in [1.54, 1.807) is 51.1 Å². The summed E-state index contributed by atoms with van der Waals surface area (Å²) in [7, 11) is 0. The van der Waals surface area contributed by atoms with Gasteiger partial charge >= 0.3 is 12.2 Å². The van der Waals surface area contributed by atoms with Crippen LogP contribution in [0.4, 0.5) is 21.0 Å². The number of alkyl carbamates (subject to hydrolysis) is 1. The molecule has 0 unspecified atom stereocenters. The Balaban J connectivity index is 1.66. The molecule has 0 aliphatic rings. The van der Waals surface area contributed by atoms with Gasteiger partial charge in [-0.15, -0.1) is 0 Å². The lowest BCUT2D eigenvalue weighted by molar-refractivity contribution is -0.384. The Labute approximate surface area is 292 Å². The number of nitro benzene ring substituents is 1. The lowest BCUT2D eigenvalue weighted by Crippen LogP contribution is -2.53. The van der Waals surface area contributed by atoms with Crippen LogP contribution in [0.1, 0.15) is 31.9 Å². The zero-order valence-corrected chi connectivity index (χ0v) is 28.1. The molecule has 3 aromatic carbocycles. The van der Waals surface area contributed by atoms with Crippen LogP contribution in [-0.2, 0) is 41.7 Å². The first kappa shape index (κ1) is 38.9. The molecule has 0 saturated heterocycles. The normalized spacial score (nSPS) is 11.3. The number of nitrogens with zero attached hydrogens (tertiary/aromatic N) is 2. The maximum absolute atomic E-state index is 13.9. The standard InChI is InChI=1S/C34H38N6O11/c1-34(2,3)51-32(45)37-18-29(42)36-19-30(43)38-27(17-22-7-5-4-6-8-22)31(44)39(20-28(35)41)24-11-9-23(10-12-24)21-49-33(46)50-26-15-13-25(14-16-26)40(47)48/h4-16,27H,17-21H2,1-3H3,(H2,35,41)(H,36,42)(H,37,45)(H,38,43)/t27-/m0/s1. The number of primary amides is 1. The van der Waals surface area contributed by atoms with Crippen molar-refractivity contribution in [1.29, 1.82) is 0 Å². The summed E-state index contributed by atoms with van der Waals surface area (Å²) in [5, 5.41) is 18.0. The summed E-state index contributed by atoms with van der Waals surface area (Å²) in [6.07, 6.45) is -1.85. The highest BCUT2D eigenvalue weighted by molar-refractivity contribution is 6.03. The second-order valence-electron chi connectivity index (χ2n) is 11.9. The van der Waals surface area contributed by atoms with E-state index in [0.717, 1.165) is 4.90 Å². The van der Waals surface area contributed by atoms with Crippen molar-refractivity contribution >= 4 is 47.3 Å². The van der Waals surface area contributed by atoms with Crippen LogP contribution >= 0.6 is 0 Å². The van der Waals surface area contributed by atoms with E-state index in [9.17, 15) is 38.9 Å². The van der Waals surface area contributed by atoms with Crippen molar-refractivity contribution < 1.29 is 47.9 Å². The number of nitrogens with one attached hydrogen (secondary N) is 3. The minimum atomic E-state index is -1.20. The van der Waals surface area contributed by atoms with E-state index in [-0.39, 0.29) is 30.2 Å². The van der Waals surface area contributed by atoms with Crippen LogP contribution in [0.25, 0.3) is 0 Å². The predicted molar refractivity (Wildman–Crippen MR) is 181 cm³/mol. The molecule has 3 aromatic rings. The van der Waals surface area contributed by atoms with Crippen molar-refractivity contribution in [2.75, 3.05) is 24.5 Å². The number of amides is 5. The molecule has 0 spiro atoms. The number of carbonyl (C=O) groups is 6. The van der Waals surface area contributed by atoms with Crippen molar-refractivity contribution in [2.45, 2.75) is 45.4 Å². The number of non-ortho nitro benzene ring substituents is 1. The topological polar surface area (TPSA) is 239 Å². The molecule has 5 amide bonds. The van der Waals surface area contributed by atoms with Gasteiger partial charge in [0.15, 0.2) is 0 Å². The highest BCUT2D eigenvalue weighted by Gasteiger charge is 2.29. The number of benzene rings is 3. The lowest BCUT2D eigenvalue weighted by Gasteiger charge is -2.27. The van der Waals surface area contributed by atoms with Gasteiger partial charge in [-0.05, 0) is 56.2 Å². The van der Waals surface area contributed by atoms with E-state index >= 15 is 0 Å².